The van der Waals surface area contributed by atoms with Crippen LogP contribution < -0.4 is 10.5 Å². The number of rotatable bonds is 5. The van der Waals surface area contributed by atoms with E-state index in [9.17, 15) is 9.59 Å². The van der Waals surface area contributed by atoms with Gasteiger partial charge in [0.1, 0.15) is 12.4 Å². The second-order valence-corrected chi connectivity index (χ2v) is 12.1. The fourth-order valence-corrected chi connectivity index (χ4v) is 6.77. The molecule has 0 bridgehead atoms. The maximum Gasteiger partial charge on any atom is 0.236 e. The molecule has 1 spiro atoms. The van der Waals surface area contributed by atoms with Crippen LogP contribution in [0.25, 0.3) is 0 Å². The zero-order valence-corrected chi connectivity index (χ0v) is 23.8. The highest BCUT2D eigenvalue weighted by molar-refractivity contribution is 5.79. The fraction of sp³-hybridized carbons (Fsp3) is 0.594. The van der Waals surface area contributed by atoms with Gasteiger partial charge in [-0.05, 0) is 92.8 Å². The molecule has 8 nitrogen and oxygen atoms in total. The molecule has 0 atom stereocenters. The number of benzene rings is 1. The van der Waals surface area contributed by atoms with Crippen LogP contribution in [0.3, 0.4) is 0 Å². The Bertz CT molecular complexity index is 1110. The Morgan fingerprint density at radius 2 is 1.68 bits per heavy atom. The first-order valence-corrected chi connectivity index (χ1v) is 15.1. The number of nitrogens with two attached hydrogens (primary N) is 1. The van der Waals surface area contributed by atoms with Crippen molar-refractivity contribution < 1.29 is 14.3 Å². The molecular weight excluding hydrogens is 502 g/mol. The molecule has 1 aromatic carbocycles. The normalized spacial score (nSPS) is 21.6. The van der Waals surface area contributed by atoms with E-state index >= 15 is 0 Å². The van der Waals surface area contributed by atoms with Crippen LogP contribution in [-0.2, 0) is 22.6 Å². The minimum atomic E-state index is -0.210. The van der Waals surface area contributed by atoms with Crippen molar-refractivity contribution in [1.29, 1.82) is 0 Å². The number of nitrogens with zero attached hydrogens (tertiary/aromatic N) is 4. The van der Waals surface area contributed by atoms with Crippen LogP contribution in [0.4, 0.5) is 0 Å². The summed E-state index contributed by atoms with van der Waals surface area (Å²) in [5.74, 6) is 0.987. The van der Waals surface area contributed by atoms with Crippen molar-refractivity contribution in [3.63, 3.8) is 0 Å². The quantitative estimate of drug-likeness (QED) is 0.616. The van der Waals surface area contributed by atoms with Crippen LogP contribution >= 0.6 is 0 Å². The summed E-state index contributed by atoms with van der Waals surface area (Å²) in [6.45, 7) is 7.04. The number of carbonyl (C=O) groups excluding carboxylic acids is 2. The summed E-state index contributed by atoms with van der Waals surface area (Å²) in [6, 6.07) is 12.7. The molecule has 0 radical (unpaired) electrons. The summed E-state index contributed by atoms with van der Waals surface area (Å²) >= 11 is 0. The predicted octanol–water partition coefficient (Wildman–Crippen LogP) is 3.50. The maximum absolute atomic E-state index is 13.2. The molecule has 0 aliphatic carbocycles. The van der Waals surface area contributed by atoms with Crippen molar-refractivity contribution >= 4 is 11.8 Å². The first-order valence-electron chi connectivity index (χ1n) is 15.1. The van der Waals surface area contributed by atoms with Crippen molar-refractivity contribution in [3.8, 4) is 5.75 Å². The number of amides is 2. The zero-order chi connectivity index (χ0) is 27.8. The molecule has 40 heavy (non-hydrogen) atoms. The average molecular weight is 548 g/mol. The molecule has 0 unspecified atom stereocenters. The molecule has 1 aromatic heterocycles. The van der Waals surface area contributed by atoms with Gasteiger partial charge in [-0.1, -0.05) is 24.6 Å². The van der Waals surface area contributed by atoms with Crippen LogP contribution in [0.15, 0.2) is 48.8 Å². The molecule has 2 N–H and O–H groups in total. The fourth-order valence-electron chi connectivity index (χ4n) is 6.77. The summed E-state index contributed by atoms with van der Waals surface area (Å²) in [5, 5.41) is 0. The van der Waals surface area contributed by atoms with Crippen molar-refractivity contribution in [2.45, 2.75) is 57.9 Å². The Hall–Kier alpha value is -2.97. The van der Waals surface area contributed by atoms with Crippen molar-refractivity contribution in [2.24, 2.45) is 17.1 Å². The van der Waals surface area contributed by atoms with Crippen molar-refractivity contribution in [3.05, 3.63) is 59.9 Å². The lowest BCUT2D eigenvalue weighted by Gasteiger charge is -2.45. The van der Waals surface area contributed by atoms with Gasteiger partial charge < -0.3 is 15.4 Å². The molecule has 2 saturated heterocycles. The summed E-state index contributed by atoms with van der Waals surface area (Å²) in [6.07, 6.45) is 11.9. The molecule has 3 aliphatic heterocycles. The Morgan fingerprint density at radius 1 is 0.925 bits per heavy atom. The lowest BCUT2D eigenvalue weighted by Crippen LogP contribution is -2.51. The van der Waals surface area contributed by atoms with Gasteiger partial charge in [-0.2, -0.15) is 0 Å². The topological polar surface area (TPSA) is 92.0 Å². The number of pyridine rings is 1. The van der Waals surface area contributed by atoms with E-state index in [2.05, 4.69) is 56.1 Å². The van der Waals surface area contributed by atoms with Crippen LogP contribution in [0.5, 0.6) is 5.75 Å². The number of para-hydroxylation sites is 1. The number of likely N-dealkylation sites (tertiary alicyclic amines) is 2. The maximum atomic E-state index is 13.2. The number of primary amides is 1. The van der Waals surface area contributed by atoms with E-state index in [0.29, 0.717) is 13.2 Å². The van der Waals surface area contributed by atoms with Gasteiger partial charge in [0, 0.05) is 51.0 Å². The van der Waals surface area contributed by atoms with Gasteiger partial charge in [-0.15, -0.1) is 0 Å². The third-order valence-corrected chi connectivity index (χ3v) is 9.28. The molecule has 216 valence electrons. The second kappa shape index (κ2) is 13.6. The third kappa shape index (κ3) is 7.61. The van der Waals surface area contributed by atoms with Gasteiger partial charge in [-0.3, -0.25) is 24.4 Å². The highest BCUT2D eigenvalue weighted by atomic mass is 16.5. The van der Waals surface area contributed by atoms with E-state index in [1.807, 2.05) is 12.4 Å². The van der Waals surface area contributed by atoms with Crippen molar-refractivity contribution in [2.75, 3.05) is 52.4 Å². The number of carbonyl (C=O) groups is 2. The molecule has 0 saturated carbocycles. The highest BCUT2D eigenvalue weighted by Gasteiger charge is 2.37. The van der Waals surface area contributed by atoms with Gasteiger partial charge in [-0.25, -0.2) is 0 Å². The minimum Gasteiger partial charge on any atom is -0.492 e. The van der Waals surface area contributed by atoms with E-state index < -0.39 is 0 Å². The van der Waals surface area contributed by atoms with E-state index in [-0.39, 0.29) is 23.1 Å². The summed E-state index contributed by atoms with van der Waals surface area (Å²) < 4.78 is 6.31. The average Bonchev–Trinajstić information content (AvgIpc) is 2.96. The predicted molar refractivity (Wildman–Crippen MR) is 156 cm³/mol. The van der Waals surface area contributed by atoms with Crippen LogP contribution in [0.2, 0.25) is 0 Å². The third-order valence-electron chi connectivity index (χ3n) is 9.28. The van der Waals surface area contributed by atoms with Gasteiger partial charge in [0.2, 0.25) is 11.8 Å². The lowest BCUT2D eigenvalue weighted by atomic mass is 9.73. The number of ether oxygens (including phenoxy) is 1. The summed E-state index contributed by atoms with van der Waals surface area (Å²) in [5.41, 5.74) is 8.25. The molecule has 8 heteroatoms. The van der Waals surface area contributed by atoms with Gasteiger partial charge >= 0.3 is 0 Å². The number of fused-ring (bicyclic) bond motifs is 1. The van der Waals surface area contributed by atoms with E-state index in [0.717, 1.165) is 90.1 Å². The van der Waals surface area contributed by atoms with Gasteiger partial charge in [0.25, 0.3) is 0 Å². The summed E-state index contributed by atoms with van der Waals surface area (Å²) in [7, 11) is 0. The largest absolute Gasteiger partial charge is 0.492 e. The van der Waals surface area contributed by atoms with Crippen LogP contribution in [-0.4, -0.2) is 83.9 Å². The van der Waals surface area contributed by atoms with Gasteiger partial charge in [0.15, 0.2) is 0 Å². The molecule has 2 fully saturated rings. The standard InChI is InChI=1S/C32H45N5O3/c33-31(39)28-10-17-35(18-11-28)24-30(38)37-19-13-32(14-20-37)12-4-3-6-27-5-1-2-7-29(27)40-22-21-36(25-32)23-26-8-15-34-16-9-26/h1-2,5,7-9,15-16,28H,3-4,6,10-14,17-25H2,(H2,33,39). The SMILES string of the molecule is NC(=O)C1CCN(CC(=O)N2CCC3(CCCCc4ccccc4OCCN(Cc4ccncc4)C3)CC2)CC1. The number of hydrogen-bond acceptors (Lipinski definition) is 6. The number of aryl methyl sites for hydroxylation is 1. The molecule has 5 rings (SSSR count). The first-order chi connectivity index (χ1) is 19.5. The van der Waals surface area contributed by atoms with E-state index in [4.69, 9.17) is 10.5 Å². The molecule has 3 aliphatic rings. The Balaban J connectivity index is 1.23. The zero-order valence-electron chi connectivity index (χ0n) is 23.8. The molecule has 4 heterocycles. The number of aromatic nitrogens is 1. The molecule has 2 amide bonds. The monoisotopic (exact) mass is 547 g/mol. The number of hydrogen-bond donors (Lipinski definition) is 1. The molecule has 2 aromatic rings. The Kier molecular flexibility index (Phi) is 9.70. The number of piperidine rings is 2. The van der Waals surface area contributed by atoms with E-state index in [1.165, 1.54) is 24.0 Å². The van der Waals surface area contributed by atoms with Crippen molar-refractivity contribution in [1.82, 2.24) is 19.7 Å². The smallest absolute Gasteiger partial charge is 0.236 e. The first kappa shape index (κ1) is 28.6. The minimum absolute atomic E-state index is 0.0451. The highest BCUT2D eigenvalue weighted by Crippen LogP contribution is 2.39. The second-order valence-electron chi connectivity index (χ2n) is 12.1. The lowest BCUT2D eigenvalue weighted by molar-refractivity contribution is -0.135. The van der Waals surface area contributed by atoms with E-state index in [1.54, 1.807) is 0 Å². The van der Waals surface area contributed by atoms with Gasteiger partial charge in [0.05, 0.1) is 6.54 Å². The Labute approximate surface area is 238 Å². The molecular formula is C32H45N5O3. The van der Waals surface area contributed by atoms with Crippen LogP contribution in [0, 0.1) is 11.3 Å². The summed E-state index contributed by atoms with van der Waals surface area (Å²) in [4.78, 5) is 35.8. The Morgan fingerprint density at radius 3 is 2.42 bits per heavy atom. The van der Waals surface area contributed by atoms with Crippen LogP contribution in [0.1, 0.15) is 56.1 Å².